The van der Waals surface area contributed by atoms with E-state index in [-0.39, 0.29) is 36.2 Å². The Morgan fingerprint density at radius 1 is 0.607 bits per heavy atom. The number of ether oxygens (including phenoxy) is 2. The lowest BCUT2D eigenvalue weighted by Gasteiger charge is -2.09. The molecule has 154 valence electrons. The van der Waals surface area contributed by atoms with Crippen LogP contribution in [0.3, 0.4) is 0 Å². The number of rotatable bonds is 11. The molecular formula is C18H22O8S2. The summed E-state index contributed by atoms with van der Waals surface area (Å²) in [4.78, 5) is -0.740. The maximum Gasteiger partial charge on any atom is 0.286 e. The minimum absolute atomic E-state index is 0.0318. The molecule has 8 nitrogen and oxygen atoms in total. The first-order valence-electron chi connectivity index (χ1n) is 8.50. The van der Waals surface area contributed by atoms with Crippen molar-refractivity contribution < 1.29 is 36.5 Å². The molecule has 0 aromatic heterocycles. The summed E-state index contributed by atoms with van der Waals surface area (Å²) in [5.74, 6) is 0.739. The molecule has 2 rings (SSSR count). The summed E-state index contributed by atoms with van der Waals surface area (Å²) in [5.41, 5.74) is 0. The molecule has 0 radical (unpaired) electrons. The Hall–Kier alpha value is -2.14. The monoisotopic (exact) mass is 430 g/mol. The molecule has 2 aromatic rings. The van der Waals surface area contributed by atoms with E-state index in [1.54, 1.807) is 0 Å². The van der Waals surface area contributed by atoms with Gasteiger partial charge >= 0.3 is 0 Å². The van der Waals surface area contributed by atoms with E-state index in [1.807, 2.05) is 0 Å². The molecule has 0 saturated carbocycles. The van der Waals surface area contributed by atoms with Gasteiger partial charge in [0.05, 0.1) is 23.0 Å². The van der Waals surface area contributed by atoms with Gasteiger partial charge in [0.15, 0.2) is 0 Å². The fourth-order valence-electron chi connectivity index (χ4n) is 2.17. The summed E-state index contributed by atoms with van der Waals surface area (Å²) >= 11 is 0. The molecule has 0 atom stereocenters. The minimum Gasteiger partial charge on any atom is -0.494 e. The summed E-state index contributed by atoms with van der Waals surface area (Å²) in [5, 5.41) is 17.4. The highest BCUT2D eigenvalue weighted by Crippen LogP contribution is 2.27. The zero-order valence-electron chi connectivity index (χ0n) is 15.0. The highest BCUT2D eigenvalue weighted by atomic mass is 33.2. The van der Waals surface area contributed by atoms with Crippen LogP contribution in [-0.4, -0.2) is 53.5 Å². The molecule has 28 heavy (non-hydrogen) atoms. The number of aliphatic hydroxyl groups excluding tert-OH is 2. The highest BCUT2D eigenvalue weighted by molar-refractivity contribution is 8.67. The van der Waals surface area contributed by atoms with Gasteiger partial charge in [-0.05, 0) is 48.5 Å². The van der Waals surface area contributed by atoms with Crippen LogP contribution in [0.4, 0.5) is 0 Å². The van der Waals surface area contributed by atoms with Crippen LogP contribution in [0.25, 0.3) is 0 Å². The third-order valence-electron chi connectivity index (χ3n) is 3.66. The van der Waals surface area contributed by atoms with E-state index < -0.39 is 17.7 Å². The second kappa shape index (κ2) is 9.87. The van der Waals surface area contributed by atoms with Crippen LogP contribution in [0.15, 0.2) is 58.3 Å². The molecular weight excluding hydrogens is 408 g/mol. The van der Waals surface area contributed by atoms with Crippen LogP contribution in [0.5, 0.6) is 11.5 Å². The van der Waals surface area contributed by atoms with E-state index in [1.165, 1.54) is 24.3 Å². The maximum atomic E-state index is 12.6. The summed E-state index contributed by atoms with van der Waals surface area (Å²) in [7, 11) is -9.33. The van der Waals surface area contributed by atoms with Gasteiger partial charge in [0.25, 0.3) is 17.7 Å². The van der Waals surface area contributed by atoms with Crippen molar-refractivity contribution in [2.75, 3.05) is 26.4 Å². The maximum absolute atomic E-state index is 12.6. The van der Waals surface area contributed by atoms with E-state index in [0.717, 1.165) is 24.3 Å². The standard InChI is InChI=1S/C18H22O8S2/c19-11-1-13-25-15-3-7-17(8-4-15)27(21,22)28(23,24)18-9-5-16(6-10-18)26-14-2-12-20/h3-10,19-20H,1-2,11-14H2. The zero-order valence-corrected chi connectivity index (χ0v) is 16.7. The van der Waals surface area contributed by atoms with Gasteiger partial charge in [-0.15, -0.1) is 0 Å². The highest BCUT2D eigenvalue weighted by Gasteiger charge is 2.33. The van der Waals surface area contributed by atoms with Gasteiger partial charge in [0.2, 0.25) is 0 Å². The molecule has 0 aliphatic carbocycles. The van der Waals surface area contributed by atoms with Crippen molar-refractivity contribution in [1.29, 1.82) is 0 Å². The largest absolute Gasteiger partial charge is 0.494 e. The van der Waals surface area contributed by atoms with Crippen molar-refractivity contribution >= 4 is 17.7 Å². The van der Waals surface area contributed by atoms with Crippen molar-refractivity contribution in [3.63, 3.8) is 0 Å². The predicted molar refractivity (Wildman–Crippen MR) is 102 cm³/mol. The molecule has 0 spiro atoms. The molecule has 0 aliphatic heterocycles. The predicted octanol–water partition coefficient (Wildman–Crippen LogP) is 1.37. The van der Waals surface area contributed by atoms with Crippen LogP contribution in [-0.2, 0) is 17.7 Å². The van der Waals surface area contributed by atoms with Gasteiger partial charge in [-0.2, -0.15) is 0 Å². The van der Waals surface area contributed by atoms with Gasteiger partial charge in [-0.3, -0.25) is 0 Å². The molecule has 0 unspecified atom stereocenters. The fraction of sp³-hybridized carbons (Fsp3) is 0.333. The first-order chi connectivity index (χ1) is 13.3. The second-order valence-corrected chi connectivity index (χ2v) is 11.1. The molecule has 0 saturated heterocycles. The first-order valence-corrected chi connectivity index (χ1v) is 12.0. The Morgan fingerprint density at radius 3 is 1.21 bits per heavy atom. The lowest BCUT2D eigenvalue weighted by molar-refractivity contribution is 0.233. The van der Waals surface area contributed by atoms with Gasteiger partial charge in [-0.25, -0.2) is 16.8 Å². The van der Waals surface area contributed by atoms with Gasteiger partial charge in [-0.1, -0.05) is 0 Å². The third-order valence-corrected chi connectivity index (χ3v) is 8.82. The second-order valence-electron chi connectivity index (χ2n) is 5.70. The molecule has 0 aliphatic rings. The smallest absolute Gasteiger partial charge is 0.286 e. The SMILES string of the molecule is O=S(=O)(c1ccc(OCCCO)cc1)S(=O)(=O)c1ccc(OCCCO)cc1. The molecule has 10 heteroatoms. The minimum atomic E-state index is -4.66. The molecule has 2 N–H and O–H groups in total. The first kappa shape index (κ1) is 22.2. The Morgan fingerprint density at radius 2 is 0.929 bits per heavy atom. The molecule has 0 bridgehead atoms. The van der Waals surface area contributed by atoms with E-state index in [2.05, 4.69) is 0 Å². The fourth-order valence-corrected chi connectivity index (χ4v) is 5.80. The lowest BCUT2D eigenvalue weighted by Crippen LogP contribution is -2.16. The van der Waals surface area contributed by atoms with Crippen LogP contribution in [0.2, 0.25) is 0 Å². The van der Waals surface area contributed by atoms with Crippen LogP contribution >= 0.6 is 0 Å². The number of benzene rings is 2. The zero-order chi connectivity index (χ0) is 20.6. The van der Waals surface area contributed by atoms with Crippen molar-refractivity contribution in [1.82, 2.24) is 0 Å². The number of hydrogen-bond acceptors (Lipinski definition) is 8. The van der Waals surface area contributed by atoms with Gasteiger partial charge < -0.3 is 19.7 Å². The van der Waals surface area contributed by atoms with Crippen molar-refractivity contribution in [3.8, 4) is 11.5 Å². The summed E-state index contributed by atoms with van der Waals surface area (Å²) < 4.78 is 61.0. The van der Waals surface area contributed by atoms with E-state index in [4.69, 9.17) is 19.7 Å². The van der Waals surface area contributed by atoms with E-state index in [9.17, 15) is 16.8 Å². The Bertz CT molecular complexity index is 868. The average Bonchev–Trinajstić information content (AvgIpc) is 2.69. The Labute approximate surface area is 163 Å². The summed E-state index contributed by atoms with van der Waals surface area (Å²) in [6.45, 7) is 0.452. The quantitative estimate of drug-likeness (QED) is 0.404. The van der Waals surface area contributed by atoms with Crippen molar-refractivity contribution in [2.24, 2.45) is 0 Å². The molecule has 0 amide bonds. The van der Waals surface area contributed by atoms with Crippen LogP contribution < -0.4 is 9.47 Å². The van der Waals surface area contributed by atoms with E-state index in [0.29, 0.717) is 24.3 Å². The molecule has 0 fully saturated rings. The normalized spacial score (nSPS) is 11.9. The third kappa shape index (κ3) is 5.22. The Balaban J connectivity index is 2.19. The van der Waals surface area contributed by atoms with Gasteiger partial charge in [0, 0.05) is 26.1 Å². The molecule has 0 heterocycles. The Kier molecular flexibility index (Phi) is 7.81. The lowest BCUT2D eigenvalue weighted by atomic mass is 10.3. The van der Waals surface area contributed by atoms with Crippen LogP contribution in [0, 0.1) is 0 Å². The van der Waals surface area contributed by atoms with Gasteiger partial charge in [0.1, 0.15) is 11.5 Å². The van der Waals surface area contributed by atoms with Crippen molar-refractivity contribution in [2.45, 2.75) is 22.6 Å². The summed E-state index contributed by atoms with van der Waals surface area (Å²) in [6.07, 6.45) is 0.849. The molecule has 2 aromatic carbocycles. The van der Waals surface area contributed by atoms with E-state index >= 15 is 0 Å². The summed E-state index contributed by atoms with van der Waals surface area (Å²) in [6, 6.07) is 10.1. The topological polar surface area (TPSA) is 127 Å². The number of hydrogen-bond donors (Lipinski definition) is 2. The average molecular weight is 431 g/mol. The van der Waals surface area contributed by atoms with Crippen LogP contribution in [0.1, 0.15) is 12.8 Å². The number of aliphatic hydroxyl groups is 2. The van der Waals surface area contributed by atoms with Crippen molar-refractivity contribution in [3.05, 3.63) is 48.5 Å².